The maximum absolute atomic E-state index is 12.4. The standard InChI is InChI=1S/C18H17BrN2O/c1-11-7-8-13(12(2)9-11)10-20-18(22)17-16(19)14-5-3-4-6-15(14)21-17/h3-9,21H,10H2,1-2H3,(H,20,22). The summed E-state index contributed by atoms with van der Waals surface area (Å²) in [4.78, 5) is 15.6. The predicted molar refractivity (Wildman–Crippen MR) is 93.1 cm³/mol. The third kappa shape index (κ3) is 2.79. The lowest BCUT2D eigenvalue weighted by molar-refractivity contribution is 0.0946. The van der Waals surface area contributed by atoms with E-state index in [4.69, 9.17) is 0 Å². The molecule has 3 aromatic rings. The summed E-state index contributed by atoms with van der Waals surface area (Å²) in [5.41, 5.74) is 5.06. The maximum Gasteiger partial charge on any atom is 0.269 e. The van der Waals surface area contributed by atoms with E-state index in [1.54, 1.807) is 0 Å². The van der Waals surface area contributed by atoms with Crippen LogP contribution in [0.25, 0.3) is 10.9 Å². The number of nitrogens with one attached hydrogen (secondary N) is 2. The highest BCUT2D eigenvalue weighted by molar-refractivity contribution is 9.10. The number of aromatic nitrogens is 1. The summed E-state index contributed by atoms with van der Waals surface area (Å²) in [5.74, 6) is -0.108. The van der Waals surface area contributed by atoms with Gasteiger partial charge in [-0.2, -0.15) is 0 Å². The van der Waals surface area contributed by atoms with Gasteiger partial charge in [0.15, 0.2) is 0 Å². The van der Waals surface area contributed by atoms with Crippen LogP contribution >= 0.6 is 15.9 Å². The van der Waals surface area contributed by atoms with Gasteiger partial charge in [-0.1, -0.05) is 42.0 Å². The molecular formula is C18H17BrN2O. The number of H-pyrrole nitrogens is 1. The molecule has 112 valence electrons. The Morgan fingerprint density at radius 3 is 2.68 bits per heavy atom. The van der Waals surface area contributed by atoms with Crippen molar-refractivity contribution in [3.05, 3.63) is 69.3 Å². The molecule has 3 nitrogen and oxygen atoms in total. The second-order valence-corrected chi connectivity index (χ2v) is 6.27. The topological polar surface area (TPSA) is 44.9 Å². The molecule has 0 saturated carbocycles. The molecule has 0 aliphatic heterocycles. The van der Waals surface area contributed by atoms with Gasteiger partial charge in [0.1, 0.15) is 5.69 Å². The quantitative estimate of drug-likeness (QED) is 0.713. The number of carbonyl (C=O) groups is 1. The fourth-order valence-electron chi connectivity index (χ4n) is 2.57. The minimum absolute atomic E-state index is 0.108. The third-order valence-electron chi connectivity index (χ3n) is 3.81. The van der Waals surface area contributed by atoms with Crippen molar-refractivity contribution in [2.45, 2.75) is 20.4 Å². The molecule has 0 radical (unpaired) electrons. The minimum Gasteiger partial charge on any atom is -0.350 e. The number of benzene rings is 2. The smallest absolute Gasteiger partial charge is 0.269 e. The first kappa shape index (κ1) is 14.9. The highest BCUT2D eigenvalue weighted by Crippen LogP contribution is 2.27. The molecule has 0 fully saturated rings. The van der Waals surface area contributed by atoms with Gasteiger partial charge in [0.25, 0.3) is 5.91 Å². The van der Waals surface area contributed by atoms with Crippen LogP contribution in [0.3, 0.4) is 0 Å². The molecule has 2 N–H and O–H groups in total. The summed E-state index contributed by atoms with van der Waals surface area (Å²) in [6, 6.07) is 14.1. The van der Waals surface area contributed by atoms with Crippen LogP contribution in [0.2, 0.25) is 0 Å². The van der Waals surface area contributed by atoms with Crippen molar-refractivity contribution < 1.29 is 4.79 Å². The molecule has 1 amide bonds. The number of carbonyl (C=O) groups excluding carboxylic acids is 1. The average molecular weight is 357 g/mol. The normalized spacial score (nSPS) is 10.9. The number of hydrogen-bond donors (Lipinski definition) is 2. The summed E-state index contributed by atoms with van der Waals surface area (Å²) in [5, 5.41) is 3.99. The fraction of sp³-hybridized carbons (Fsp3) is 0.167. The molecule has 1 aromatic heterocycles. The number of para-hydroxylation sites is 1. The Morgan fingerprint density at radius 1 is 1.18 bits per heavy atom. The predicted octanol–water partition coefficient (Wildman–Crippen LogP) is 4.48. The van der Waals surface area contributed by atoms with E-state index in [-0.39, 0.29) is 5.91 Å². The highest BCUT2D eigenvalue weighted by Gasteiger charge is 2.15. The summed E-state index contributed by atoms with van der Waals surface area (Å²) < 4.78 is 0.807. The van der Waals surface area contributed by atoms with Gasteiger partial charge in [-0.05, 0) is 47.0 Å². The van der Waals surface area contributed by atoms with Crippen molar-refractivity contribution in [3.63, 3.8) is 0 Å². The maximum atomic E-state index is 12.4. The first-order valence-electron chi connectivity index (χ1n) is 7.17. The van der Waals surface area contributed by atoms with E-state index < -0.39 is 0 Å². The molecule has 1 heterocycles. The van der Waals surface area contributed by atoms with Crippen LogP contribution < -0.4 is 5.32 Å². The van der Waals surface area contributed by atoms with E-state index in [0.29, 0.717) is 12.2 Å². The summed E-state index contributed by atoms with van der Waals surface area (Å²) >= 11 is 3.51. The largest absolute Gasteiger partial charge is 0.350 e. The first-order chi connectivity index (χ1) is 10.6. The number of amides is 1. The molecule has 0 saturated heterocycles. The second-order valence-electron chi connectivity index (χ2n) is 5.47. The van der Waals surface area contributed by atoms with Gasteiger partial charge < -0.3 is 10.3 Å². The lowest BCUT2D eigenvalue weighted by Crippen LogP contribution is -2.23. The average Bonchev–Trinajstić information content (AvgIpc) is 2.84. The van der Waals surface area contributed by atoms with Crippen LogP contribution in [0, 0.1) is 13.8 Å². The zero-order valence-corrected chi connectivity index (χ0v) is 14.1. The van der Waals surface area contributed by atoms with Gasteiger partial charge in [0, 0.05) is 17.4 Å². The minimum atomic E-state index is -0.108. The lowest BCUT2D eigenvalue weighted by Gasteiger charge is -2.08. The number of hydrogen-bond acceptors (Lipinski definition) is 1. The number of aromatic amines is 1. The SMILES string of the molecule is Cc1ccc(CNC(=O)c2[nH]c3ccccc3c2Br)c(C)c1. The Morgan fingerprint density at radius 2 is 1.95 bits per heavy atom. The number of rotatable bonds is 3. The zero-order chi connectivity index (χ0) is 15.7. The molecule has 0 spiro atoms. The third-order valence-corrected chi connectivity index (χ3v) is 4.63. The fourth-order valence-corrected chi connectivity index (χ4v) is 3.20. The van der Waals surface area contributed by atoms with Crippen LogP contribution in [0.4, 0.5) is 0 Å². The van der Waals surface area contributed by atoms with Crippen molar-refractivity contribution in [1.82, 2.24) is 10.3 Å². The van der Waals surface area contributed by atoms with Crippen LogP contribution in [0.1, 0.15) is 27.2 Å². The van der Waals surface area contributed by atoms with E-state index >= 15 is 0 Å². The molecule has 0 aliphatic rings. The van der Waals surface area contributed by atoms with Crippen molar-refractivity contribution >= 4 is 32.7 Å². The Labute approximate surface area is 137 Å². The molecule has 22 heavy (non-hydrogen) atoms. The number of fused-ring (bicyclic) bond motifs is 1. The van der Waals surface area contributed by atoms with Crippen LogP contribution in [-0.4, -0.2) is 10.9 Å². The van der Waals surface area contributed by atoms with Crippen molar-refractivity contribution in [2.24, 2.45) is 0 Å². The number of halogens is 1. The zero-order valence-electron chi connectivity index (χ0n) is 12.5. The van der Waals surface area contributed by atoms with Crippen molar-refractivity contribution in [3.8, 4) is 0 Å². The van der Waals surface area contributed by atoms with Crippen LogP contribution in [0.15, 0.2) is 46.9 Å². The van der Waals surface area contributed by atoms with Gasteiger partial charge in [0.05, 0.1) is 4.47 Å². The van der Waals surface area contributed by atoms with E-state index in [0.717, 1.165) is 20.9 Å². The van der Waals surface area contributed by atoms with Crippen LogP contribution in [0.5, 0.6) is 0 Å². The Bertz CT molecular complexity index is 851. The number of aryl methyl sites for hydroxylation is 2. The molecule has 2 aromatic carbocycles. The van der Waals surface area contributed by atoms with Gasteiger partial charge in [-0.3, -0.25) is 4.79 Å². The van der Waals surface area contributed by atoms with Crippen molar-refractivity contribution in [1.29, 1.82) is 0 Å². The molecule has 0 unspecified atom stereocenters. The van der Waals surface area contributed by atoms with E-state index in [1.165, 1.54) is 11.1 Å². The molecular weight excluding hydrogens is 340 g/mol. The Hall–Kier alpha value is -2.07. The van der Waals surface area contributed by atoms with Gasteiger partial charge in [-0.15, -0.1) is 0 Å². The van der Waals surface area contributed by atoms with E-state index in [9.17, 15) is 4.79 Å². The molecule has 0 bridgehead atoms. The lowest BCUT2D eigenvalue weighted by atomic mass is 10.1. The van der Waals surface area contributed by atoms with E-state index in [2.05, 4.69) is 58.3 Å². The Kier molecular flexibility index (Phi) is 4.03. The van der Waals surface area contributed by atoms with Crippen molar-refractivity contribution in [2.75, 3.05) is 0 Å². The van der Waals surface area contributed by atoms with E-state index in [1.807, 2.05) is 24.3 Å². The highest BCUT2D eigenvalue weighted by atomic mass is 79.9. The monoisotopic (exact) mass is 356 g/mol. The summed E-state index contributed by atoms with van der Waals surface area (Å²) in [6.07, 6.45) is 0. The molecule has 3 rings (SSSR count). The van der Waals surface area contributed by atoms with Gasteiger partial charge >= 0.3 is 0 Å². The van der Waals surface area contributed by atoms with Gasteiger partial charge in [-0.25, -0.2) is 0 Å². The van der Waals surface area contributed by atoms with Crippen LogP contribution in [-0.2, 0) is 6.54 Å². The van der Waals surface area contributed by atoms with Gasteiger partial charge in [0.2, 0.25) is 0 Å². The summed E-state index contributed by atoms with van der Waals surface area (Å²) in [7, 11) is 0. The first-order valence-corrected chi connectivity index (χ1v) is 7.96. The summed E-state index contributed by atoms with van der Waals surface area (Å²) in [6.45, 7) is 4.65. The molecule has 0 aliphatic carbocycles. The Balaban J connectivity index is 1.80. The molecule has 0 atom stereocenters. The molecule has 4 heteroatoms. The second kappa shape index (κ2) is 5.97.